The van der Waals surface area contributed by atoms with Crippen molar-refractivity contribution in [2.24, 2.45) is 5.73 Å². The average molecular weight is 215 g/mol. The Morgan fingerprint density at radius 2 is 2.25 bits per heavy atom. The summed E-state index contributed by atoms with van der Waals surface area (Å²) in [4.78, 5) is 4.24. The standard InChI is InChI=1S/C12H13N3O/c13-12(14)5-7-16-10-4-3-9-2-1-6-15-11(9)8-10/h1-4,6,8H,5,7H2,(H3,13,14). The minimum atomic E-state index is 0.138. The molecule has 0 aliphatic carbocycles. The molecule has 0 fully saturated rings. The van der Waals surface area contributed by atoms with Gasteiger partial charge in [0.15, 0.2) is 0 Å². The van der Waals surface area contributed by atoms with Gasteiger partial charge in [-0.3, -0.25) is 10.4 Å². The number of benzene rings is 1. The molecule has 1 aromatic carbocycles. The third-order valence-corrected chi connectivity index (χ3v) is 2.22. The summed E-state index contributed by atoms with van der Waals surface area (Å²) in [7, 11) is 0. The number of hydrogen-bond acceptors (Lipinski definition) is 3. The number of fused-ring (bicyclic) bond motifs is 1. The molecule has 82 valence electrons. The number of ether oxygens (including phenoxy) is 1. The summed E-state index contributed by atoms with van der Waals surface area (Å²) in [5.41, 5.74) is 6.14. The van der Waals surface area contributed by atoms with Gasteiger partial charge in [0, 0.05) is 24.1 Å². The first-order chi connectivity index (χ1) is 7.75. The van der Waals surface area contributed by atoms with Crippen molar-refractivity contribution >= 4 is 16.7 Å². The maximum Gasteiger partial charge on any atom is 0.121 e. The van der Waals surface area contributed by atoms with Crippen LogP contribution < -0.4 is 10.5 Å². The summed E-state index contributed by atoms with van der Waals surface area (Å²) in [6.07, 6.45) is 2.20. The minimum Gasteiger partial charge on any atom is -0.493 e. The van der Waals surface area contributed by atoms with Gasteiger partial charge >= 0.3 is 0 Å². The lowest BCUT2D eigenvalue weighted by molar-refractivity contribution is 0.329. The Kier molecular flexibility index (Phi) is 3.00. The van der Waals surface area contributed by atoms with Gasteiger partial charge in [0.1, 0.15) is 5.75 Å². The lowest BCUT2D eigenvalue weighted by Gasteiger charge is -2.06. The predicted octanol–water partition coefficient (Wildman–Crippen LogP) is 1.94. The normalized spacial score (nSPS) is 10.2. The molecule has 0 saturated heterocycles. The highest BCUT2D eigenvalue weighted by atomic mass is 16.5. The van der Waals surface area contributed by atoms with Gasteiger partial charge in [0.05, 0.1) is 18.0 Å². The highest BCUT2D eigenvalue weighted by molar-refractivity contribution is 5.79. The molecule has 4 heteroatoms. The van der Waals surface area contributed by atoms with E-state index in [9.17, 15) is 0 Å². The van der Waals surface area contributed by atoms with E-state index in [4.69, 9.17) is 15.9 Å². The number of nitrogens with two attached hydrogens (primary N) is 1. The molecule has 0 aliphatic heterocycles. The number of rotatable bonds is 4. The zero-order valence-electron chi connectivity index (χ0n) is 8.81. The van der Waals surface area contributed by atoms with Crippen LogP contribution in [-0.4, -0.2) is 17.4 Å². The molecule has 4 nitrogen and oxygen atoms in total. The van der Waals surface area contributed by atoms with Crippen molar-refractivity contribution in [3.05, 3.63) is 36.5 Å². The van der Waals surface area contributed by atoms with Gasteiger partial charge < -0.3 is 10.5 Å². The van der Waals surface area contributed by atoms with Gasteiger partial charge in [0.2, 0.25) is 0 Å². The topological polar surface area (TPSA) is 72.0 Å². The van der Waals surface area contributed by atoms with Crippen molar-refractivity contribution in [1.29, 1.82) is 5.41 Å². The van der Waals surface area contributed by atoms with Crippen molar-refractivity contribution in [3.63, 3.8) is 0 Å². The van der Waals surface area contributed by atoms with Crippen molar-refractivity contribution < 1.29 is 4.74 Å². The maximum atomic E-state index is 7.08. The van der Waals surface area contributed by atoms with E-state index in [0.717, 1.165) is 16.7 Å². The number of pyridine rings is 1. The Hall–Kier alpha value is -2.10. The van der Waals surface area contributed by atoms with Crippen LogP contribution in [0.25, 0.3) is 10.9 Å². The Balaban J connectivity index is 2.10. The molecule has 2 aromatic rings. The summed E-state index contributed by atoms with van der Waals surface area (Å²) in [6, 6.07) is 9.64. The molecule has 1 aromatic heterocycles. The molecule has 0 amide bonds. The lowest BCUT2D eigenvalue weighted by Crippen LogP contribution is -2.13. The van der Waals surface area contributed by atoms with Gasteiger partial charge in [-0.2, -0.15) is 0 Å². The average Bonchev–Trinajstić information content (AvgIpc) is 2.28. The molecule has 2 rings (SSSR count). The first-order valence-electron chi connectivity index (χ1n) is 5.06. The summed E-state index contributed by atoms with van der Waals surface area (Å²) in [5, 5.41) is 8.16. The van der Waals surface area contributed by atoms with Gasteiger partial charge in [-0.15, -0.1) is 0 Å². The maximum absolute atomic E-state index is 7.08. The van der Waals surface area contributed by atoms with Crippen LogP contribution in [0.15, 0.2) is 36.5 Å². The molecular weight excluding hydrogens is 202 g/mol. The van der Waals surface area contributed by atoms with Crippen molar-refractivity contribution in [1.82, 2.24) is 4.98 Å². The number of aromatic nitrogens is 1. The van der Waals surface area contributed by atoms with Gasteiger partial charge in [-0.05, 0) is 18.2 Å². The van der Waals surface area contributed by atoms with E-state index < -0.39 is 0 Å². The lowest BCUT2D eigenvalue weighted by atomic mass is 10.2. The molecule has 0 unspecified atom stereocenters. The molecule has 0 aliphatic rings. The third kappa shape index (κ3) is 2.48. The fourth-order valence-electron chi connectivity index (χ4n) is 1.41. The second-order valence-corrected chi connectivity index (χ2v) is 3.48. The molecule has 0 saturated carbocycles. The molecule has 0 spiro atoms. The van der Waals surface area contributed by atoms with E-state index >= 15 is 0 Å². The SMILES string of the molecule is N=C(N)CCOc1ccc2cccnc2c1. The van der Waals surface area contributed by atoms with Crippen LogP contribution in [0.3, 0.4) is 0 Å². The molecule has 3 N–H and O–H groups in total. The summed E-state index contributed by atoms with van der Waals surface area (Å²) in [6.45, 7) is 0.424. The van der Waals surface area contributed by atoms with Crippen LogP contribution in [0.1, 0.15) is 6.42 Å². The molecule has 0 atom stereocenters. The number of amidine groups is 1. The third-order valence-electron chi connectivity index (χ3n) is 2.22. The van der Waals surface area contributed by atoms with Gasteiger partial charge in [-0.1, -0.05) is 6.07 Å². The van der Waals surface area contributed by atoms with Crippen molar-refractivity contribution in [3.8, 4) is 5.75 Å². The predicted molar refractivity (Wildman–Crippen MR) is 63.8 cm³/mol. The van der Waals surface area contributed by atoms with Gasteiger partial charge in [-0.25, -0.2) is 0 Å². The first kappa shape index (κ1) is 10.4. The number of nitrogens with one attached hydrogen (secondary N) is 1. The smallest absolute Gasteiger partial charge is 0.121 e. The highest BCUT2D eigenvalue weighted by Gasteiger charge is 1.98. The minimum absolute atomic E-state index is 0.138. The van der Waals surface area contributed by atoms with Crippen LogP contribution in [0.5, 0.6) is 5.75 Å². The fourth-order valence-corrected chi connectivity index (χ4v) is 1.41. The van der Waals surface area contributed by atoms with E-state index in [1.54, 1.807) is 6.20 Å². The second kappa shape index (κ2) is 4.61. The van der Waals surface area contributed by atoms with Crippen molar-refractivity contribution in [2.75, 3.05) is 6.61 Å². The van der Waals surface area contributed by atoms with E-state index in [0.29, 0.717) is 13.0 Å². The zero-order chi connectivity index (χ0) is 11.4. The highest BCUT2D eigenvalue weighted by Crippen LogP contribution is 2.18. The molecule has 0 radical (unpaired) electrons. The Morgan fingerprint density at radius 3 is 3.06 bits per heavy atom. The molecule has 1 heterocycles. The monoisotopic (exact) mass is 215 g/mol. The Labute approximate surface area is 93.6 Å². The van der Waals surface area contributed by atoms with E-state index in [2.05, 4.69) is 4.98 Å². The van der Waals surface area contributed by atoms with Gasteiger partial charge in [0.25, 0.3) is 0 Å². The van der Waals surface area contributed by atoms with Crippen LogP contribution in [0, 0.1) is 5.41 Å². The number of hydrogen-bond donors (Lipinski definition) is 2. The quantitative estimate of drug-likeness (QED) is 0.604. The van der Waals surface area contributed by atoms with E-state index in [1.807, 2.05) is 30.3 Å². The zero-order valence-corrected chi connectivity index (χ0v) is 8.81. The largest absolute Gasteiger partial charge is 0.493 e. The molecular formula is C12H13N3O. The van der Waals surface area contributed by atoms with Crippen LogP contribution >= 0.6 is 0 Å². The van der Waals surface area contributed by atoms with Crippen molar-refractivity contribution in [2.45, 2.75) is 6.42 Å². The van der Waals surface area contributed by atoms with E-state index in [-0.39, 0.29) is 5.84 Å². The summed E-state index contributed by atoms with van der Waals surface area (Å²) in [5.74, 6) is 0.895. The summed E-state index contributed by atoms with van der Waals surface area (Å²) < 4.78 is 5.46. The Bertz CT molecular complexity index is 510. The fraction of sp³-hybridized carbons (Fsp3) is 0.167. The number of nitrogens with zero attached hydrogens (tertiary/aromatic N) is 1. The van der Waals surface area contributed by atoms with E-state index in [1.165, 1.54) is 0 Å². The van der Waals surface area contributed by atoms with Crippen LogP contribution in [0.4, 0.5) is 0 Å². The van der Waals surface area contributed by atoms with Crippen LogP contribution in [0.2, 0.25) is 0 Å². The Morgan fingerprint density at radius 1 is 1.38 bits per heavy atom. The molecule has 0 bridgehead atoms. The molecule has 16 heavy (non-hydrogen) atoms. The summed E-state index contributed by atoms with van der Waals surface area (Å²) >= 11 is 0. The van der Waals surface area contributed by atoms with Crippen LogP contribution in [-0.2, 0) is 0 Å². The second-order valence-electron chi connectivity index (χ2n) is 3.48. The first-order valence-corrected chi connectivity index (χ1v) is 5.06.